The predicted octanol–water partition coefficient (Wildman–Crippen LogP) is 2.04. The third kappa shape index (κ3) is 5.35. The number of aliphatic hydroxyl groups excluding tert-OH is 1. The zero-order valence-corrected chi connectivity index (χ0v) is 14.6. The van der Waals surface area contributed by atoms with E-state index in [0.717, 1.165) is 11.1 Å². The zero-order chi connectivity index (χ0) is 18.2. The third-order valence-electron chi connectivity index (χ3n) is 3.59. The topological polar surface area (TPSA) is 93.8 Å². The number of nitrogens with one attached hydrogen (secondary N) is 1. The van der Waals surface area contributed by atoms with Crippen molar-refractivity contribution in [3.8, 4) is 11.5 Å². The number of rotatable bonds is 9. The number of methoxy groups -OCH3 is 1. The van der Waals surface area contributed by atoms with Crippen LogP contribution in [0.5, 0.6) is 11.5 Å². The average Bonchev–Trinajstić information content (AvgIpc) is 2.61. The largest absolute Gasteiger partial charge is 0.493 e. The highest BCUT2D eigenvalue weighted by atomic mass is 35.5. The fourth-order valence-corrected chi connectivity index (χ4v) is 2.66. The molecular formula is C18H21ClN2O4. The highest BCUT2D eigenvalue weighted by Crippen LogP contribution is 2.36. The Morgan fingerprint density at radius 2 is 2.04 bits per heavy atom. The van der Waals surface area contributed by atoms with E-state index in [1.54, 1.807) is 12.1 Å². The molecule has 1 unspecified atom stereocenters. The summed E-state index contributed by atoms with van der Waals surface area (Å²) < 4.78 is 10.6. The monoisotopic (exact) mass is 364 g/mol. The van der Waals surface area contributed by atoms with Gasteiger partial charge in [0.2, 0.25) is 0 Å². The SMILES string of the molecule is COc1cc(CNC(CO)c2ccccc2)cc(Cl)c1OCC(N)=O. The van der Waals surface area contributed by atoms with Crippen LogP contribution in [0.4, 0.5) is 0 Å². The Labute approximate surface area is 151 Å². The number of amides is 1. The molecule has 134 valence electrons. The second kappa shape index (κ2) is 9.27. The average molecular weight is 365 g/mol. The molecular weight excluding hydrogens is 344 g/mol. The number of hydrogen-bond acceptors (Lipinski definition) is 5. The maximum absolute atomic E-state index is 10.9. The molecule has 0 aliphatic carbocycles. The Bertz CT molecular complexity index is 710. The van der Waals surface area contributed by atoms with E-state index in [1.165, 1.54) is 7.11 Å². The summed E-state index contributed by atoms with van der Waals surface area (Å²) in [6, 6.07) is 12.9. The molecule has 0 aliphatic rings. The van der Waals surface area contributed by atoms with Crippen LogP contribution < -0.4 is 20.5 Å². The van der Waals surface area contributed by atoms with Crippen molar-refractivity contribution >= 4 is 17.5 Å². The second-order valence-electron chi connectivity index (χ2n) is 5.39. The van der Waals surface area contributed by atoms with Crippen LogP contribution in [0.3, 0.4) is 0 Å². The molecule has 0 heterocycles. The van der Waals surface area contributed by atoms with Crippen LogP contribution >= 0.6 is 11.6 Å². The van der Waals surface area contributed by atoms with Gasteiger partial charge in [-0.2, -0.15) is 0 Å². The maximum Gasteiger partial charge on any atom is 0.255 e. The fourth-order valence-electron chi connectivity index (χ4n) is 2.37. The molecule has 0 radical (unpaired) electrons. The quantitative estimate of drug-likeness (QED) is 0.633. The third-order valence-corrected chi connectivity index (χ3v) is 3.87. The van der Waals surface area contributed by atoms with Gasteiger partial charge in [-0.25, -0.2) is 0 Å². The number of carbonyl (C=O) groups is 1. The van der Waals surface area contributed by atoms with Gasteiger partial charge in [0.15, 0.2) is 18.1 Å². The van der Waals surface area contributed by atoms with E-state index in [9.17, 15) is 9.90 Å². The van der Waals surface area contributed by atoms with Crippen molar-refractivity contribution in [2.45, 2.75) is 12.6 Å². The number of primary amides is 1. The molecule has 6 nitrogen and oxygen atoms in total. The van der Waals surface area contributed by atoms with Crippen molar-refractivity contribution in [1.29, 1.82) is 0 Å². The molecule has 0 fully saturated rings. The van der Waals surface area contributed by atoms with E-state index < -0.39 is 5.91 Å². The van der Waals surface area contributed by atoms with Gasteiger partial charge in [-0.15, -0.1) is 0 Å². The first-order chi connectivity index (χ1) is 12.0. The van der Waals surface area contributed by atoms with Gasteiger partial charge in [0.1, 0.15) is 0 Å². The van der Waals surface area contributed by atoms with Crippen LogP contribution in [-0.4, -0.2) is 31.3 Å². The number of ether oxygens (including phenoxy) is 2. The maximum atomic E-state index is 10.9. The first-order valence-electron chi connectivity index (χ1n) is 7.71. The molecule has 1 atom stereocenters. The number of carbonyl (C=O) groups excluding carboxylic acids is 1. The Kier molecular flexibility index (Phi) is 7.06. The summed E-state index contributed by atoms with van der Waals surface area (Å²) in [6.07, 6.45) is 0. The Morgan fingerprint density at radius 1 is 1.32 bits per heavy atom. The number of aliphatic hydroxyl groups is 1. The molecule has 4 N–H and O–H groups in total. The van der Waals surface area contributed by atoms with Gasteiger partial charge in [0, 0.05) is 6.54 Å². The Morgan fingerprint density at radius 3 is 2.64 bits per heavy atom. The van der Waals surface area contributed by atoms with Crippen LogP contribution in [0, 0.1) is 0 Å². The normalized spacial score (nSPS) is 11.8. The highest BCUT2D eigenvalue weighted by molar-refractivity contribution is 6.32. The molecule has 0 spiro atoms. The Hall–Kier alpha value is -2.28. The summed E-state index contributed by atoms with van der Waals surface area (Å²) in [6.45, 7) is 0.148. The molecule has 7 heteroatoms. The van der Waals surface area contributed by atoms with E-state index in [4.69, 9.17) is 26.8 Å². The Balaban J connectivity index is 2.11. The summed E-state index contributed by atoms with van der Waals surface area (Å²) in [5, 5.41) is 13.2. The molecule has 0 saturated carbocycles. The lowest BCUT2D eigenvalue weighted by Crippen LogP contribution is -2.24. The number of nitrogens with two attached hydrogens (primary N) is 1. The summed E-state index contributed by atoms with van der Waals surface area (Å²) in [7, 11) is 1.49. The van der Waals surface area contributed by atoms with Crippen LogP contribution in [0.2, 0.25) is 5.02 Å². The first-order valence-corrected chi connectivity index (χ1v) is 8.09. The van der Waals surface area contributed by atoms with E-state index >= 15 is 0 Å². The van der Waals surface area contributed by atoms with Gasteiger partial charge in [-0.3, -0.25) is 4.79 Å². The minimum atomic E-state index is -0.600. The lowest BCUT2D eigenvalue weighted by atomic mass is 10.1. The number of hydrogen-bond donors (Lipinski definition) is 3. The predicted molar refractivity (Wildman–Crippen MR) is 95.8 cm³/mol. The van der Waals surface area contributed by atoms with E-state index in [0.29, 0.717) is 17.3 Å². The zero-order valence-electron chi connectivity index (χ0n) is 13.9. The smallest absolute Gasteiger partial charge is 0.255 e. The van der Waals surface area contributed by atoms with Gasteiger partial charge in [-0.1, -0.05) is 41.9 Å². The van der Waals surface area contributed by atoms with Gasteiger partial charge in [0.25, 0.3) is 5.91 Å². The van der Waals surface area contributed by atoms with Crippen molar-refractivity contribution in [3.63, 3.8) is 0 Å². The lowest BCUT2D eigenvalue weighted by molar-refractivity contribution is -0.119. The number of halogens is 1. The van der Waals surface area contributed by atoms with Gasteiger partial charge in [-0.05, 0) is 23.3 Å². The molecule has 0 aliphatic heterocycles. The van der Waals surface area contributed by atoms with Crippen LogP contribution in [0.15, 0.2) is 42.5 Å². The summed E-state index contributed by atoms with van der Waals surface area (Å²) >= 11 is 6.23. The van der Waals surface area contributed by atoms with E-state index in [-0.39, 0.29) is 25.0 Å². The molecule has 0 aromatic heterocycles. The van der Waals surface area contributed by atoms with Crippen LogP contribution in [-0.2, 0) is 11.3 Å². The molecule has 25 heavy (non-hydrogen) atoms. The molecule has 2 rings (SSSR count). The van der Waals surface area contributed by atoms with Crippen molar-refractivity contribution < 1.29 is 19.4 Å². The molecule has 0 saturated heterocycles. The summed E-state index contributed by atoms with van der Waals surface area (Å²) in [4.78, 5) is 10.9. The molecule has 2 aromatic carbocycles. The summed E-state index contributed by atoms with van der Waals surface area (Å²) in [5.41, 5.74) is 6.92. The van der Waals surface area contributed by atoms with E-state index in [1.807, 2.05) is 30.3 Å². The number of benzene rings is 2. The molecule has 2 aromatic rings. The first kappa shape index (κ1) is 19.1. The van der Waals surface area contributed by atoms with Gasteiger partial charge in [0.05, 0.1) is 24.8 Å². The van der Waals surface area contributed by atoms with Crippen LogP contribution in [0.25, 0.3) is 0 Å². The lowest BCUT2D eigenvalue weighted by Gasteiger charge is -2.18. The molecule has 1 amide bonds. The van der Waals surface area contributed by atoms with Crippen molar-refractivity contribution in [2.24, 2.45) is 5.73 Å². The minimum absolute atomic E-state index is 0.0330. The standard InChI is InChI=1S/C18H21ClN2O4/c1-24-16-8-12(7-14(19)18(16)25-11-17(20)23)9-21-15(10-22)13-5-3-2-4-6-13/h2-8,15,21-22H,9-11H2,1H3,(H2,20,23). The fraction of sp³-hybridized carbons (Fsp3) is 0.278. The minimum Gasteiger partial charge on any atom is -0.493 e. The highest BCUT2D eigenvalue weighted by Gasteiger charge is 2.15. The van der Waals surface area contributed by atoms with Gasteiger partial charge >= 0.3 is 0 Å². The van der Waals surface area contributed by atoms with E-state index in [2.05, 4.69) is 5.32 Å². The second-order valence-corrected chi connectivity index (χ2v) is 5.80. The van der Waals surface area contributed by atoms with Gasteiger partial charge < -0.3 is 25.6 Å². The van der Waals surface area contributed by atoms with Crippen molar-refractivity contribution in [1.82, 2.24) is 5.32 Å². The van der Waals surface area contributed by atoms with Crippen molar-refractivity contribution in [3.05, 3.63) is 58.6 Å². The van der Waals surface area contributed by atoms with Crippen molar-refractivity contribution in [2.75, 3.05) is 20.3 Å². The summed E-state index contributed by atoms with van der Waals surface area (Å²) in [5.74, 6) is 0.0804. The molecule has 0 bridgehead atoms. The van der Waals surface area contributed by atoms with Crippen LogP contribution in [0.1, 0.15) is 17.2 Å².